The van der Waals surface area contributed by atoms with Crippen LogP contribution in [0.25, 0.3) is 10.9 Å². The Balaban J connectivity index is 1.51. The molecule has 2 aliphatic rings. The van der Waals surface area contributed by atoms with Gasteiger partial charge in [-0.15, -0.1) is 0 Å². The number of para-hydroxylation sites is 1. The first-order valence-electron chi connectivity index (χ1n) is 9.09. The minimum absolute atomic E-state index is 0.0283. The van der Waals surface area contributed by atoms with E-state index in [-0.39, 0.29) is 11.7 Å². The van der Waals surface area contributed by atoms with E-state index in [1.54, 1.807) is 12.3 Å². The van der Waals surface area contributed by atoms with Crippen molar-refractivity contribution in [2.45, 2.75) is 38.1 Å². The van der Waals surface area contributed by atoms with Gasteiger partial charge in [0.05, 0.1) is 23.3 Å². The molecular formula is C20H19FN4O. The molecular weight excluding hydrogens is 331 g/mol. The lowest BCUT2D eigenvalue weighted by atomic mass is 10.1. The molecule has 0 unspecified atom stereocenters. The first-order valence-corrected chi connectivity index (χ1v) is 9.09. The molecule has 0 saturated heterocycles. The van der Waals surface area contributed by atoms with E-state index in [9.17, 15) is 9.18 Å². The van der Waals surface area contributed by atoms with E-state index in [0.29, 0.717) is 30.1 Å². The van der Waals surface area contributed by atoms with E-state index >= 15 is 0 Å². The number of H-pyrrole nitrogens is 1. The molecule has 26 heavy (non-hydrogen) atoms. The predicted molar refractivity (Wildman–Crippen MR) is 95.3 cm³/mol. The van der Waals surface area contributed by atoms with E-state index in [2.05, 4.69) is 15.0 Å². The number of fused-ring (bicyclic) bond motifs is 3. The fourth-order valence-electron chi connectivity index (χ4n) is 3.96. The second kappa shape index (κ2) is 5.90. The van der Waals surface area contributed by atoms with Gasteiger partial charge in [0.25, 0.3) is 5.91 Å². The number of aromatic amines is 1. The smallest absolute Gasteiger partial charge is 0.257 e. The summed E-state index contributed by atoms with van der Waals surface area (Å²) in [6.07, 6.45) is 7.02. The molecule has 1 aromatic carbocycles. The average molecular weight is 350 g/mol. The maximum absolute atomic E-state index is 14.1. The SMILES string of the molecule is O=C(c1cncnc1C1CC1)N1CCCc2c([nH]c3c(F)cccc23)C1. The van der Waals surface area contributed by atoms with E-state index in [1.165, 1.54) is 12.4 Å². The topological polar surface area (TPSA) is 61.9 Å². The van der Waals surface area contributed by atoms with Crippen LogP contribution in [-0.2, 0) is 13.0 Å². The van der Waals surface area contributed by atoms with Crippen LogP contribution in [0.15, 0.2) is 30.7 Å². The third kappa shape index (κ3) is 2.48. The summed E-state index contributed by atoms with van der Waals surface area (Å²) < 4.78 is 14.1. The number of aryl methyl sites for hydroxylation is 1. The highest BCUT2D eigenvalue weighted by atomic mass is 19.1. The lowest BCUT2D eigenvalue weighted by molar-refractivity contribution is 0.0742. The monoisotopic (exact) mass is 350 g/mol. The molecule has 0 spiro atoms. The number of hydrogen-bond acceptors (Lipinski definition) is 3. The summed E-state index contributed by atoms with van der Waals surface area (Å²) in [5.74, 6) is 0.113. The Labute approximate surface area is 150 Å². The number of halogens is 1. The zero-order valence-corrected chi connectivity index (χ0v) is 14.3. The van der Waals surface area contributed by atoms with Crippen molar-refractivity contribution in [3.8, 4) is 0 Å². The van der Waals surface area contributed by atoms with Crippen LogP contribution in [-0.4, -0.2) is 32.3 Å². The number of rotatable bonds is 2. The molecule has 132 valence electrons. The number of amides is 1. The Morgan fingerprint density at radius 2 is 2.19 bits per heavy atom. The van der Waals surface area contributed by atoms with E-state index in [4.69, 9.17) is 0 Å². The van der Waals surface area contributed by atoms with Gasteiger partial charge in [0.1, 0.15) is 12.1 Å². The standard InChI is InChI=1S/C20H19FN4O/c21-16-5-1-3-14-13-4-2-8-25(10-17(13)24-19(14)16)20(26)15-9-22-11-23-18(15)12-6-7-12/h1,3,5,9,11-12,24H,2,4,6-8,10H2. The fraction of sp³-hybridized carbons (Fsp3) is 0.350. The van der Waals surface area contributed by atoms with Crippen molar-refractivity contribution in [1.82, 2.24) is 19.9 Å². The average Bonchev–Trinajstić information content (AvgIpc) is 3.47. The maximum Gasteiger partial charge on any atom is 0.257 e. The van der Waals surface area contributed by atoms with Crippen molar-refractivity contribution < 1.29 is 9.18 Å². The number of carbonyl (C=O) groups excluding carboxylic acids is 1. The minimum atomic E-state index is -0.249. The molecule has 3 aromatic rings. The highest BCUT2D eigenvalue weighted by molar-refractivity contribution is 5.95. The van der Waals surface area contributed by atoms with Gasteiger partial charge in [0.2, 0.25) is 0 Å². The second-order valence-electron chi connectivity index (χ2n) is 7.17. The van der Waals surface area contributed by atoms with Gasteiger partial charge in [-0.1, -0.05) is 12.1 Å². The number of carbonyl (C=O) groups is 1. The molecule has 0 radical (unpaired) electrons. The summed E-state index contributed by atoms with van der Waals surface area (Å²) in [6.45, 7) is 1.14. The summed E-state index contributed by atoms with van der Waals surface area (Å²) in [6, 6.07) is 5.15. The van der Waals surface area contributed by atoms with E-state index in [0.717, 1.165) is 48.0 Å². The Bertz CT molecular complexity index is 1010. The van der Waals surface area contributed by atoms with Gasteiger partial charge in [-0.3, -0.25) is 4.79 Å². The van der Waals surface area contributed by atoms with Gasteiger partial charge < -0.3 is 9.88 Å². The van der Waals surface area contributed by atoms with Gasteiger partial charge in [-0.05, 0) is 37.3 Å². The second-order valence-corrected chi connectivity index (χ2v) is 7.17. The lowest BCUT2D eigenvalue weighted by Gasteiger charge is -2.21. The summed E-state index contributed by atoms with van der Waals surface area (Å²) in [5, 5.41) is 0.927. The van der Waals surface area contributed by atoms with Crippen molar-refractivity contribution in [3.63, 3.8) is 0 Å². The first kappa shape index (κ1) is 15.5. The van der Waals surface area contributed by atoms with Crippen LogP contribution in [0.4, 0.5) is 4.39 Å². The van der Waals surface area contributed by atoms with Gasteiger partial charge in [0, 0.05) is 29.7 Å². The highest BCUT2D eigenvalue weighted by Crippen LogP contribution is 2.40. The van der Waals surface area contributed by atoms with Crippen molar-refractivity contribution in [1.29, 1.82) is 0 Å². The van der Waals surface area contributed by atoms with Crippen LogP contribution in [0.2, 0.25) is 0 Å². The molecule has 0 bridgehead atoms. The third-order valence-electron chi connectivity index (χ3n) is 5.41. The number of nitrogens with zero attached hydrogens (tertiary/aromatic N) is 3. The quantitative estimate of drug-likeness (QED) is 0.769. The molecule has 5 rings (SSSR count). The van der Waals surface area contributed by atoms with Crippen LogP contribution in [0, 0.1) is 5.82 Å². The molecule has 1 fully saturated rings. The molecule has 1 amide bonds. The van der Waals surface area contributed by atoms with Crippen molar-refractivity contribution >= 4 is 16.8 Å². The third-order valence-corrected chi connectivity index (χ3v) is 5.41. The Kier molecular flexibility index (Phi) is 3.51. The number of aromatic nitrogens is 3. The van der Waals surface area contributed by atoms with Crippen LogP contribution in [0.5, 0.6) is 0 Å². The minimum Gasteiger partial charge on any atom is -0.354 e. The molecule has 2 aromatic heterocycles. The van der Waals surface area contributed by atoms with Gasteiger partial charge >= 0.3 is 0 Å². The van der Waals surface area contributed by atoms with Crippen molar-refractivity contribution in [2.24, 2.45) is 0 Å². The molecule has 3 heterocycles. The molecule has 1 aliphatic carbocycles. The van der Waals surface area contributed by atoms with Crippen LogP contribution in [0.3, 0.4) is 0 Å². The summed E-state index contributed by atoms with van der Waals surface area (Å²) in [5.41, 5.74) is 4.08. The molecule has 1 aliphatic heterocycles. The maximum atomic E-state index is 14.1. The number of benzene rings is 1. The van der Waals surface area contributed by atoms with E-state index in [1.807, 2.05) is 11.0 Å². The van der Waals surface area contributed by atoms with Gasteiger partial charge in [-0.25, -0.2) is 14.4 Å². The predicted octanol–water partition coefficient (Wildman–Crippen LogP) is 3.56. The Morgan fingerprint density at radius 3 is 3.04 bits per heavy atom. The van der Waals surface area contributed by atoms with Gasteiger partial charge in [-0.2, -0.15) is 0 Å². The first-order chi connectivity index (χ1) is 12.7. The summed E-state index contributed by atoms with van der Waals surface area (Å²) >= 11 is 0. The zero-order valence-electron chi connectivity index (χ0n) is 14.3. The summed E-state index contributed by atoms with van der Waals surface area (Å²) in [4.78, 5) is 26.6. The molecule has 0 atom stereocenters. The fourth-order valence-corrected chi connectivity index (χ4v) is 3.96. The summed E-state index contributed by atoms with van der Waals surface area (Å²) in [7, 11) is 0. The van der Waals surface area contributed by atoms with Crippen LogP contribution < -0.4 is 0 Å². The highest BCUT2D eigenvalue weighted by Gasteiger charge is 2.32. The number of nitrogens with one attached hydrogen (secondary N) is 1. The largest absolute Gasteiger partial charge is 0.354 e. The van der Waals surface area contributed by atoms with Crippen LogP contribution in [0.1, 0.15) is 52.5 Å². The van der Waals surface area contributed by atoms with Gasteiger partial charge in [0.15, 0.2) is 0 Å². The Morgan fingerprint density at radius 1 is 1.31 bits per heavy atom. The van der Waals surface area contributed by atoms with Crippen LogP contribution >= 0.6 is 0 Å². The number of hydrogen-bond donors (Lipinski definition) is 1. The Hall–Kier alpha value is -2.76. The molecule has 5 nitrogen and oxygen atoms in total. The molecule has 6 heteroatoms. The molecule has 1 N–H and O–H groups in total. The van der Waals surface area contributed by atoms with E-state index < -0.39 is 0 Å². The molecule has 1 saturated carbocycles. The van der Waals surface area contributed by atoms with Crippen molar-refractivity contribution in [2.75, 3.05) is 6.54 Å². The zero-order chi connectivity index (χ0) is 17.7. The lowest BCUT2D eigenvalue weighted by Crippen LogP contribution is -2.32. The normalized spacial score (nSPS) is 17.2. The van der Waals surface area contributed by atoms with Crippen molar-refractivity contribution in [3.05, 3.63) is 59.1 Å².